The molecule has 0 amide bonds. The van der Waals surface area contributed by atoms with Crippen LogP contribution in [0.5, 0.6) is 0 Å². The van der Waals surface area contributed by atoms with Crippen molar-refractivity contribution in [3.8, 4) is 24.3 Å². The van der Waals surface area contributed by atoms with E-state index in [2.05, 4.69) is 0 Å². The summed E-state index contributed by atoms with van der Waals surface area (Å²) >= 11 is 0. The standard InChI is InChI=1S/C21H15N5O4S/c1-21(2)14-6-13(31(28,29)30)4-5-15(14)26(3)20(21)18-16(11(7-22)8-23)17(19(18)27)12(9-24)10-25/h4-6,20,27H,1-3H3,(H,28,29,30). The van der Waals surface area contributed by atoms with Crippen LogP contribution in [-0.2, 0) is 15.5 Å². The van der Waals surface area contributed by atoms with Gasteiger partial charge in [0.25, 0.3) is 10.1 Å². The molecule has 1 atom stereocenters. The molecular formula is C21H15N5O4S. The zero-order valence-electron chi connectivity index (χ0n) is 16.7. The van der Waals surface area contributed by atoms with Crippen molar-refractivity contribution in [3.05, 3.63) is 57.4 Å². The van der Waals surface area contributed by atoms with E-state index in [-0.39, 0.29) is 32.9 Å². The number of fused-ring (bicyclic) bond motifs is 1. The number of nitriles is 4. The van der Waals surface area contributed by atoms with Crippen molar-refractivity contribution in [2.75, 3.05) is 11.9 Å². The molecule has 1 aliphatic carbocycles. The van der Waals surface area contributed by atoms with Crippen LogP contribution in [0.3, 0.4) is 0 Å². The minimum Gasteiger partial charge on any atom is -0.507 e. The van der Waals surface area contributed by atoms with Crippen molar-refractivity contribution in [1.82, 2.24) is 0 Å². The first kappa shape index (κ1) is 21.6. The maximum absolute atomic E-state index is 11.6. The van der Waals surface area contributed by atoms with E-state index in [9.17, 15) is 39.1 Å². The second kappa shape index (κ2) is 7.00. The average molecular weight is 433 g/mol. The summed E-state index contributed by atoms with van der Waals surface area (Å²) in [4.78, 5) is 1.46. The largest absolute Gasteiger partial charge is 0.507 e. The maximum atomic E-state index is 11.6. The van der Waals surface area contributed by atoms with Crippen LogP contribution in [0.15, 0.2) is 56.7 Å². The van der Waals surface area contributed by atoms with Crippen molar-refractivity contribution >= 4 is 15.8 Å². The van der Waals surface area contributed by atoms with Crippen molar-refractivity contribution in [3.63, 3.8) is 0 Å². The van der Waals surface area contributed by atoms with Crippen LogP contribution >= 0.6 is 0 Å². The van der Waals surface area contributed by atoms with Gasteiger partial charge in [0, 0.05) is 29.3 Å². The third-order valence-corrected chi connectivity index (χ3v) is 6.49. The quantitative estimate of drug-likeness (QED) is 0.524. The van der Waals surface area contributed by atoms with Gasteiger partial charge in [-0.3, -0.25) is 4.55 Å². The number of benzene rings is 1. The van der Waals surface area contributed by atoms with Gasteiger partial charge in [-0.25, -0.2) is 0 Å². The van der Waals surface area contributed by atoms with Crippen LogP contribution in [0.2, 0.25) is 0 Å². The third-order valence-electron chi connectivity index (χ3n) is 5.64. The molecule has 0 saturated carbocycles. The number of anilines is 1. The Morgan fingerprint density at radius 2 is 1.55 bits per heavy atom. The minimum absolute atomic E-state index is 0.0216. The summed E-state index contributed by atoms with van der Waals surface area (Å²) in [6.07, 6.45) is 0. The zero-order chi connectivity index (χ0) is 23.3. The van der Waals surface area contributed by atoms with E-state index in [1.165, 1.54) is 18.2 Å². The number of likely N-dealkylation sites (N-methyl/N-ethyl adjacent to an activating group) is 1. The first-order valence-electron chi connectivity index (χ1n) is 8.83. The fourth-order valence-electron chi connectivity index (χ4n) is 4.31. The number of hydrogen-bond acceptors (Lipinski definition) is 8. The van der Waals surface area contributed by atoms with E-state index in [1.807, 2.05) is 0 Å². The average Bonchev–Trinajstić information content (AvgIpc) is 2.91. The monoisotopic (exact) mass is 433 g/mol. The van der Waals surface area contributed by atoms with Crippen LogP contribution in [0.4, 0.5) is 5.69 Å². The Kier molecular flexibility index (Phi) is 4.88. The van der Waals surface area contributed by atoms with E-state index in [0.29, 0.717) is 11.3 Å². The Balaban J connectivity index is 2.33. The molecule has 0 bridgehead atoms. The Morgan fingerprint density at radius 3 is 2.03 bits per heavy atom. The molecule has 1 aromatic carbocycles. The molecule has 154 valence electrons. The van der Waals surface area contributed by atoms with Gasteiger partial charge < -0.3 is 10.0 Å². The number of nitrogens with zero attached hydrogens (tertiary/aromatic N) is 5. The van der Waals surface area contributed by atoms with Crippen LogP contribution in [0.1, 0.15) is 19.4 Å². The van der Waals surface area contributed by atoms with E-state index >= 15 is 0 Å². The molecule has 3 rings (SSSR count). The van der Waals surface area contributed by atoms with Gasteiger partial charge in [0.15, 0.2) is 0 Å². The molecule has 0 radical (unpaired) electrons. The van der Waals surface area contributed by atoms with E-state index in [0.717, 1.165) is 0 Å². The lowest BCUT2D eigenvalue weighted by Crippen LogP contribution is -2.45. The summed E-state index contributed by atoms with van der Waals surface area (Å²) in [6, 6.07) is 10.3. The lowest BCUT2D eigenvalue weighted by Gasteiger charge is -2.40. The summed E-state index contributed by atoms with van der Waals surface area (Å²) in [6.45, 7) is 3.56. The fraction of sp³-hybridized carbons (Fsp3) is 0.238. The number of allylic oxidation sites excluding steroid dienone is 3. The highest BCUT2D eigenvalue weighted by Crippen LogP contribution is 2.54. The molecule has 2 N–H and O–H groups in total. The van der Waals surface area contributed by atoms with Crippen molar-refractivity contribution < 1.29 is 18.1 Å². The first-order chi connectivity index (χ1) is 14.4. The Morgan fingerprint density at radius 1 is 1.03 bits per heavy atom. The van der Waals surface area contributed by atoms with E-state index in [4.69, 9.17) is 0 Å². The van der Waals surface area contributed by atoms with Crippen LogP contribution in [-0.4, -0.2) is 31.2 Å². The normalized spacial score (nSPS) is 18.8. The second-order valence-corrected chi connectivity index (χ2v) is 9.02. The lowest BCUT2D eigenvalue weighted by atomic mass is 9.67. The number of aliphatic hydroxyl groups is 1. The van der Waals surface area contributed by atoms with E-state index in [1.54, 1.807) is 50.1 Å². The highest BCUT2D eigenvalue weighted by molar-refractivity contribution is 7.85. The molecule has 2 aliphatic rings. The molecule has 0 saturated heterocycles. The molecule has 0 aromatic heterocycles. The molecule has 1 aromatic rings. The van der Waals surface area contributed by atoms with Gasteiger partial charge in [0.05, 0.1) is 16.5 Å². The number of rotatable bonds is 2. The van der Waals surface area contributed by atoms with Crippen LogP contribution in [0.25, 0.3) is 0 Å². The Bertz CT molecular complexity index is 1370. The lowest BCUT2D eigenvalue weighted by molar-refractivity contribution is 0.379. The van der Waals surface area contributed by atoms with Gasteiger partial charge >= 0.3 is 0 Å². The molecule has 0 spiro atoms. The molecule has 9 nitrogen and oxygen atoms in total. The topological polar surface area (TPSA) is 173 Å². The SMILES string of the molecule is CN1c2ccc(S(=O)(=O)O)cc2C(C)(C)C1C1=C(O)C(=C(C#N)C#N)C1=C(C#N)C#N. The van der Waals surface area contributed by atoms with E-state index < -0.39 is 27.1 Å². The van der Waals surface area contributed by atoms with Crippen molar-refractivity contribution in [1.29, 1.82) is 21.0 Å². The van der Waals surface area contributed by atoms with Crippen molar-refractivity contribution in [2.24, 2.45) is 0 Å². The molecular weight excluding hydrogens is 418 g/mol. The molecule has 0 fully saturated rings. The minimum atomic E-state index is -4.45. The molecule has 10 heteroatoms. The molecule has 1 unspecified atom stereocenters. The van der Waals surface area contributed by atoms with Gasteiger partial charge in [-0.05, 0) is 23.8 Å². The number of aliphatic hydroxyl groups excluding tert-OH is 1. The molecule has 31 heavy (non-hydrogen) atoms. The third kappa shape index (κ3) is 2.95. The van der Waals surface area contributed by atoms with Gasteiger partial charge in [0.2, 0.25) is 0 Å². The smallest absolute Gasteiger partial charge is 0.294 e. The van der Waals surface area contributed by atoms with Gasteiger partial charge in [-0.1, -0.05) is 13.8 Å². The Labute approximate surface area is 179 Å². The summed E-state index contributed by atoms with van der Waals surface area (Å²) in [5.74, 6) is -0.371. The summed E-state index contributed by atoms with van der Waals surface area (Å²) in [7, 11) is -2.75. The first-order valence-corrected chi connectivity index (χ1v) is 10.3. The highest BCUT2D eigenvalue weighted by Gasteiger charge is 2.52. The predicted molar refractivity (Wildman–Crippen MR) is 108 cm³/mol. The fourth-order valence-corrected chi connectivity index (χ4v) is 4.82. The van der Waals surface area contributed by atoms with Crippen LogP contribution in [0, 0.1) is 45.3 Å². The highest BCUT2D eigenvalue weighted by atomic mass is 32.2. The Hall–Kier alpha value is -4.09. The van der Waals surface area contributed by atoms with Gasteiger partial charge in [-0.15, -0.1) is 0 Å². The summed E-state index contributed by atoms with van der Waals surface area (Å²) in [5.41, 5.74) is -0.383. The summed E-state index contributed by atoms with van der Waals surface area (Å²) in [5, 5.41) is 48.1. The van der Waals surface area contributed by atoms with Gasteiger partial charge in [0.1, 0.15) is 41.2 Å². The van der Waals surface area contributed by atoms with Crippen LogP contribution < -0.4 is 4.90 Å². The zero-order valence-corrected chi connectivity index (χ0v) is 17.5. The van der Waals surface area contributed by atoms with Gasteiger partial charge in [-0.2, -0.15) is 29.5 Å². The second-order valence-electron chi connectivity index (χ2n) is 7.60. The molecule has 1 aliphatic heterocycles. The maximum Gasteiger partial charge on any atom is 0.294 e. The molecule has 1 heterocycles. The predicted octanol–water partition coefficient (Wildman–Crippen LogP) is 2.54. The number of hydrogen-bond donors (Lipinski definition) is 2. The summed E-state index contributed by atoms with van der Waals surface area (Å²) < 4.78 is 32.6. The van der Waals surface area contributed by atoms with Crippen molar-refractivity contribution in [2.45, 2.75) is 30.2 Å².